The van der Waals surface area contributed by atoms with E-state index in [0.717, 1.165) is 16.9 Å². The standard InChI is InChI=1S/C18H28ClN/c1-13(2)10-15-6-4-9-18(11-15)20-14(3)16-7-5-8-17(19)12-16/h5,7-8,12-15,18,20H,4,6,9-11H2,1-3H3/t14-,15?,18?/m1/s1. The molecule has 112 valence electrons. The average molecular weight is 294 g/mol. The van der Waals surface area contributed by atoms with Crippen molar-refractivity contribution in [3.63, 3.8) is 0 Å². The van der Waals surface area contributed by atoms with Crippen LogP contribution in [0.15, 0.2) is 24.3 Å². The zero-order valence-corrected chi connectivity index (χ0v) is 13.8. The summed E-state index contributed by atoms with van der Waals surface area (Å²) < 4.78 is 0. The summed E-state index contributed by atoms with van der Waals surface area (Å²) in [5.74, 6) is 1.73. The predicted octanol–water partition coefficient (Wildman–Crippen LogP) is 5.60. The lowest BCUT2D eigenvalue weighted by Crippen LogP contribution is -2.36. The second-order valence-electron chi connectivity index (χ2n) is 6.80. The minimum absolute atomic E-state index is 0.386. The first-order valence-electron chi connectivity index (χ1n) is 8.06. The lowest BCUT2D eigenvalue weighted by Gasteiger charge is -2.33. The van der Waals surface area contributed by atoms with Crippen LogP contribution in [0.1, 0.15) is 64.5 Å². The molecule has 2 rings (SSSR count). The summed E-state index contributed by atoms with van der Waals surface area (Å²) in [7, 11) is 0. The van der Waals surface area contributed by atoms with E-state index in [9.17, 15) is 0 Å². The van der Waals surface area contributed by atoms with Crippen LogP contribution in [0.25, 0.3) is 0 Å². The van der Waals surface area contributed by atoms with Gasteiger partial charge in [0, 0.05) is 17.1 Å². The molecule has 1 aromatic rings. The van der Waals surface area contributed by atoms with Gasteiger partial charge in [0.2, 0.25) is 0 Å². The van der Waals surface area contributed by atoms with E-state index in [0.29, 0.717) is 12.1 Å². The molecule has 1 nitrogen and oxygen atoms in total. The summed E-state index contributed by atoms with van der Waals surface area (Å²) in [6.07, 6.45) is 6.82. The van der Waals surface area contributed by atoms with Crippen LogP contribution in [0.3, 0.4) is 0 Å². The van der Waals surface area contributed by atoms with Gasteiger partial charge < -0.3 is 5.32 Å². The summed E-state index contributed by atoms with van der Waals surface area (Å²) in [6, 6.07) is 9.28. The van der Waals surface area contributed by atoms with Crippen LogP contribution in [-0.2, 0) is 0 Å². The highest BCUT2D eigenvalue weighted by Crippen LogP contribution is 2.30. The van der Waals surface area contributed by atoms with Crippen LogP contribution in [-0.4, -0.2) is 6.04 Å². The van der Waals surface area contributed by atoms with Crippen molar-refractivity contribution in [1.29, 1.82) is 0 Å². The van der Waals surface area contributed by atoms with Crippen molar-refractivity contribution in [3.05, 3.63) is 34.9 Å². The van der Waals surface area contributed by atoms with Gasteiger partial charge in [-0.25, -0.2) is 0 Å². The molecule has 0 aromatic heterocycles. The van der Waals surface area contributed by atoms with Crippen molar-refractivity contribution in [3.8, 4) is 0 Å². The zero-order chi connectivity index (χ0) is 14.5. The molecule has 0 saturated heterocycles. The Labute approximate surface area is 129 Å². The van der Waals surface area contributed by atoms with Crippen LogP contribution in [0, 0.1) is 11.8 Å². The third-order valence-electron chi connectivity index (χ3n) is 4.42. The van der Waals surface area contributed by atoms with E-state index in [4.69, 9.17) is 11.6 Å². The van der Waals surface area contributed by atoms with Gasteiger partial charge in [0.15, 0.2) is 0 Å². The molecule has 1 N–H and O–H groups in total. The van der Waals surface area contributed by atoms with Gasteiger partial charge in [-0.05, 0) is 55.7 Å². The molecule has 0 aliphatic heterocycles. The van der Waals surface area contributed by atoms with Crippen molar-refractivity contribution in [1.82, 2.24) is 5.32 Å². The lowest BCUT2D eigenvalue weighted by atomic mass is 9.81. The third kappa shape index (κ3) is 4.79. The van der Waals surface area contributed by atoms with E-state index in [1.165, 1.54) is 37.7 Å². The minimum atomic E-state index is 0.386. The SMILES string of the molecule is CC(C)CC1CCCC(N[C@H](C)c2cccc(Cl)c2)C1. The Hall–Kier alpha value is -0.530. The first-order valence-corrected chi connectivity index (χ1v) is 8.44. The van der Waals surface area contributed by atoms with E-state index >= 15 is 0 Å². The summed E-state index contributed by atoms with van der Waals surface area (Å²) in [5.41, 5.74) is 1.29. The molecule has 20 heavy (non-hydrogen) atoms. The average Bonchev–Trinajstić information content (AvgIpc) is 2.38. The van der Waals surface area contributed by atoms with Gasteiger partial charge in [-0.1, -0.05) is 50.4 Å². The summed E-state index contributed by atoms with van der Waals surface area (Å²) in [5, 5.41) is 4.64. The molecule has 0 heterocycles. The first-order chi connectivity index (χ1) is 9.54. The van der Waals surface area contributed by atoms with Crippen molar-refractivity contribution in [2.45, 2.75) is 65.0 Å². The molecule has 3 atom stereocenters. The number of nitrogens with one attached hydrogen (secondary N) is 1. The molecule has 1 aliphatic carbocycles. The maximum absolute atomic E-state index is 6.08. The minimum Gasteiger partial charge on any atom is -0.307 e. The van der Waals surface area contributed by atoms with Crippen molar-refractivity contribution in [2.24, 2.45) is 11.8 Å². The van der Waals surface area contributed by atoms with E-state index in [1.54, 1.807) is 0 Å². The van der Waals surface area contributed by atoms with Crippen molar-refractivity contribution >= 4 is 11.6 Å². The van der Waals surface area contributed by atoms with Crippen molar-refractivity contribution < 1.29 is 0 Å². The van der Waals surface area contributed by atoms with E-state index in [2.05, 4.69) is 38.2 Å². The topological polar surface area (TPSA) is 12.0 Å². The molecule has 0 radical (unpaired) electrons. The Morgan fingerprint density at radius 2 is 2.05 bits per heavy atom. The number of rotatable bonds is 5. The lowest BCUT2D eigenvalue weighted by molar-refractivity contribution is 0.242. The number of hydrogen-bond acceptors (Lipinski definition) is 1. The van der Waals surface area contributed by atoms with Gasteiger partial charge in [-0.15, -0.1) is 0 Å². The summed E-state index contributed by atoms with van der Waals surface area (Å²) in [4.78, 5) is 0. The molecule has 2 heteroatoms. The smallest absolute Gasteiger partial charge is 0.0409 e. The van der Waals surface area contributed by atoms with Crippen LogP contribution in [0.2, 0.25) is 5.02 Å². The fourth-order valence-electron chi connectivity index (χ4n) is 3.55. The third-order valence-corrected chi connectivity index (χ3v) is 4.66. The second kappa shape index (κ2) is 7.47. The fraction of sp³-hybridized carbons (Fsp3) is 0.667. The van der Waals surface area contributed by atoms with Gasteiger partial charge >= 0.3 is 0 Å². The Kier molecular flexibility index (Phi) is 5.92. The summed E-state index contributed by atoms with van der Waals surface area (Å²) >= 11 is 6.08. The molecule has 0 bridgehead atoms. The molecule has 0 spiro atoms. The van der Waals surface area contributed by atoms with Crippen LogP contribution in [0.4, 0.5) is 0 Å². The predicted molar refractivity (Wildman–Crippen MR) is 88.2 cm³/mol. The molecule has 1 saturated carbocycles. The maximum Gasteiger partial charge on any atom is 0.0409 e. The fourth-order valence-corrected chi connectivity index (χ4v) is 3.75. The van der Waals surface area contributed by atoms with Gasteiger partial charge in [0.1, 0.15) is 0 Å². The van der Waals surface area contributed by atoms with E-state index < -0.39 is 0 Å². The van der Waals surface area contributed by atoms with Gasteiger partial charge in [-0.2, -0.15) is 0 Å². The molecule has 2 unspecified atom stereocenters. The molecule has 1 aromatic carbocycles. The molecule has 1 aliphatic rings. The zero-order valence-electron chi connectivity index (χ0n) is 13.0. The Morgan fingerprint density at radius 3 is 2.75 bits per heavy atom. The Morgan fingerprint density at radius 1 is 1.25 bits per heavy atom. The van der Waals surface area contributed by atoms with Crippen molar-refractivity contribution in [2.75, 3.05) is 0 Å². The molecular formula is C18H28ClN. The largest absolute Gasteiger partial charge is 0.307 e. The normalized spacial score (nSPS) is 24.9. The Bertz CT molecular complexity index is 416. The number of hydrogen-bond donors (Lipinski definition) is 1. The monoisotopic (exact) mass is 293 g/mol. The second-order valence-corrected chi connectivity index (χ2v) is 7.24. The van der Waals surface area contributed by atoms with Crippen LogP contribution in [0.5, 0.6) is 0 Å². The molecule has 0 amide bonds. The quantitative estimate of drug-likeness (QED) is 0.745. The van der Waals surface area contributed by atoms with Gasteiger partial charge in [0.25, 0.3) is 0 Å². The highest BCUT2D eigenvalue weighted by molar-refractivity contribution is 6.30. The summed E-state index contributed by atoms with van der Waals surface area (Å²) in [6.45, 7) is 6.93. The number of halogens is 1. The highest BCUT2D eigenvalue weighted by atomic mass is 35.5. The number of benzene rings is 1. The van der Waals surface area contributed by atoms with E-state index in [1.807, 2.05) is 12.1 Å². The van der Waals surface area contributed by atoms with Crippen LogP contribution >= 0.6 is 11.6 Å². The first kappa shape index (κ1) is 15.9. The van der Waals surface area contributed by atoms with Gasteiger partial charge in [-0.3, -0.25) is 0 Å². The molecular weight excluding hydrogens is 266 g/mol. The Balaban J connectivity index is 1.89. The van der Waals surface area contributed by atoms with Crippen LogP contribution < -0.4 is 5.32 Å². The highest BCUT2D eigenvalue weighted by Gasteiger charge is 2.23. The molecule has 1 fully saturated rings. The van der Waals surface area contributed by atoms with E-state index in [-0.39, 0.29) is 0 Å². The van der Waals surface area contributed by atoms with Gasteiger partial charge in [0.05, 0.1) is 0 Å². The maximum atomic E-state index is 6.08.